The molecule has 1 saturated heterocycles. The molecule has 24 heavy (non-hydrogen) atoms. The summed E-state index contributed by atoms with van der Waals surface area (Å²) in [5, 5.41) is 21.6. The number of hydrogen-bond donors (Lipinski definition) is 1. The van der Waals surface area contributed by atoms with Gasteiger partial charge in [0.2, 0.25) is 0 Å². The van der Waals surface area contributed by atoms with Gasteiger partial charge in [0, 0.05) is 6.54 Å². The standard InChI is InChI=1S/C18H33F2NO3/c1-4-7-10-16(14-22)13-21(15(23)24)17(11-8-5-2,12-9-6-3)18(16,19)20/h22H,4-14H2,1-3H3,(H,23,24)/p-1. The number of rotatable bonds is 10. The van der Waals surface area contributed by atoms with Gasteiger partial charge in [0.05, 0.1) is 12.0 Å². The van der Waals surface area contributed by atoms with E-state index in [2.05, 4.69) is 0 Å². The fourth-order valence-corrected chi connectivity index (χ4v) is 4.08. The molecule has 0 aromatic carbocycles. The second kappa shape index (κ2) is 8.45. The number of unbranched alkanes of at least 4 members (excludes halogenated alkanes) is 3. The van der Waals surface area contributed by atoms with Gasteiger partial charge in [-0.25, -0.2) is 8.78 Å². The Bertz CT molecular complexity index is 409. The Morgan fingerprint density at radius 2 is 1.50 bits per heavy atom. The van der Waals surface area contributed by atoms with Crippen LogP contribution in [0.25, 0.3) is 0 Å². The molecule has 1 atom stereocenters. The maximum absolute atomic E-state index is 15.7. The quantitative estimate of drug-likeness (QED) is 0.656. The number of carbonyl (C=O) groups is 1. The van der Waals surface area contributed by atoms with Gasteiger partial charge in [-0.1, -0.05) is 59.3 Å². The zero-order chi connectivity index (χ0) is 18.4. The predicted molar refractivity (Wildman–Crippen MR) is 87.9 cm³/mol. The Balaban J connectivity index is 3.39. The molecule has 1 heterocycles. The number of hydrogen-bond acceptors (Lipinski definition) is 3. The molecule has 0 aliphatic carbocycles. The lowest BCUT2D eigenvalue weighted by atomic mass is 9.70. The highest BCUT2D eigenvalue weighted by Gasteiger charge is 2.72. The van der Waals surface area contributed by atoms with Crippen LogP contribution in [0.2, 0.25) is 0 Å². The average Bonchev–Trinajstić information content (AvgIpc) is 2.74. The molecule has 1 unspecified atom stereocenters. The smallest absolute Gasteiger partial charge is 0.280 e. The minimum absolute atomic E-state index is 0.109. The Kier molecular flexibility index (Phi) is 7.44. The Hall–Kier alpha value is -0.910. The maximum atomic E-state index is 15.7. The van der Waals surface area contributed by atoms with Crippen molar-refractivity contribution in [3.8, 4) is 0 Å². The number of carbonyl (C=O) groups excluding carboxylic acids is 1. The van der Waals surface area contributed by atoms with E-state index in [0.717, 1.165) is 11.3 Å². The van der Waals surface area contributed by atoms with E-state index >= 15 is 8.78 Å². The van der Waals surface area contributed by atoms with Crippen LogP contribution in [0.15, 0.2) is 0 Å². The van der Waals surface area contributed by atoms with Crippen molar-refractivity contribution in [1.82, 2.24) is 4.90 Å². The maximum Gasteiger partial charge on any atom is 0.280 e. The van der Waals surface area contributed by atoms with E-state index in [1.807, 2.05) is 20.8 Å². The highest BCUT2D eigenvalue weighted by atomic mass is 19.3. The normalized spacial score (nSPS) is 25.2. The molecule has 1 aliphatic heterocycles. The van der Waals surface area contributed by atoms with E-state index in [1.165, 1.54) is 0 Å². The summed E-state index contributed by atoms with van der Waals surface area (Å²) in [7, 11) is 0. The van der Waals surface area contributed by atoms with Crippen LogP contribution < -0.4 is 5.11 Å². The predicted octanol–water partition coefficient (Wildman–Crippen LogP) is 3.57. The van der Waals surface area contributed by atoms with E-state index in [9.17, 15) is 15.0 Å². The first-order chi connectivity index (χ1) is 11.3. The van der Waals surface area contributed by atoms with Crippen molar-refractivity contribution < 1.29 is 23.8 Å². The van der Waals surface area contributed by atoms with Crippen LogP contribution in [0.4, 0.5) is 13.6 Å². The zero-order valence-corrected chi connectivity index (χ0v) is 15.2. The second-order valence-corrected chi connectivity index (χ2v) is 7.21. The minimum Gasteiger partial charge on any atom is -0.530 e. The molecule has 1 rings (SSSR count). The summed E-state index contributed by atoms with van der Waals surface area (Å²) in [6.45, 7) is 4.66. The van der Waals surface area contributed by atoms with E-state index < -0.39 is 29.6 Å². The number of nitrogens with zero attached hydrogens (tertiary/aromatic N) is 1. The Labute approximate surface area is 144 Å². The molecular formula is C18H32F2NO3-. The van der Waals surface area contributed by atoms with Gasteiger partial charge < -0.3 is 19.9 Å². The van der Waals surface area contributed by atoms with E-state index in [0.29, 0.717) is 32.1 Å². The van der Waals surface area contributed by atoms with Gasteiger partial charge in [-0.05, 0) is 19.3 Å². The van der Waals surface area contributed by atoms with Crippen LogP contribution >= 0.6 is 0 Å². The molecule has 6 heteroatoms. The van der Waals surface area contributed by atoms with Gasteiger partial charge >= 0.3 is 0 Å². The van der Waals surface area contributed by atoms with Crippen LogP contribution in [0, 0.1) is 5.41 Å². The highest BCUT2D eigenvalue weighted by molar-refractivity contribution is 5.65. The van der Waals surface area contributed by atoms with Crippen LogP contribution in [-0.2, 0) is 0 Å². The van der Waals surface area contributed by atoms with Crippen LogP contribution in [0.3, 0.4) is 0 Å². The van der Waals surface area contributed by atoms with Crippen molar-refractivity contribution >= 4 is 6.09 Å². The van der Waals surface area contributed by atoms with Crippen LogP contribution in [0.5, 0.6) is 0 Å². The summed E-state index contributed by atoms with van der Waals surface area (Å²) in [6.07, 6.45) is 2.53. The van der Waals surface area contributed by atoms with E-state index in [4.69, 9.17) is 0 Å². The summed E-state index contributed by atoms with van der Waals surface area (Å²) in [6, 6.07) is 0. The first-order valence-electron chi connectivity index (χ1n) is 9.25. The molecule has 0 bridgehead atoms. The summed E-state index contributed by atoms with van der Waals surface area (Å²) in [5.41, 5.74) is -3.46. The third kappa shape index (κ3) is 3.39. The zero-order valence-electron chi connectivity index (χ0n) is 15.2. The number of aliphatic hydroxyl groups is 1. The molecule has 0 radical (unpaired) electrons. The summed E-state index contributed by atoms with van der Waals surface area (Å²) >= 11 is 0. The summed E-state index contributed by atoms with van der Waals surface area (Å²) in [4.78, 5) is 12.6. The first kappa shape index (κ1) is 21.1. The molecule has 1 fully saturated rings. The lowest BCUT2D eigenvalue weighted by Gasteiger charge is -2.45. The Morgan fingerprint density at radius 3 is 1.88 bits per heavy atom. The van der Waals surface area contributed by atoms with E-state index in [1.54, 1.807) is 0 Å². The van der Waals surface area contributed by atoms with Gasteiger partial charge in [0.15, 0.2) is 0 Å². The molecule has 0 saturated carbocycles. The Morgan fingerprint density at radius 1 is 1.04 bits per heavy atom. The monoisotopic (exact) mass is 348 g/mol. The molecule has 0 aromatic rings. The van der Waals surface area contributed by atoms with Crippen molar-refractivity contribution in [2.75, 3.05) is 13.2 Å². The lowest BCUT2D eigenvalue weighted by Crippen LogP contribution is -2.60. The fraction of sp³-hybridized carbons (Fsp3) is 0.944. The topological polar surface area (TPSA) is 63.6 Å². The molecule has 0 spiro atoms. The SMILES string of the molecule is CCCCC1(CO)CN(C(=O)[O-])C(CCCC)(CCCC)C1(F)F. The molecule has 1 amide bonds. The number of carboxylic acid groups (broad SMARTS) is 1. The van der Waals surface area contributed by atoms with Crippen LogP contribution in [-0.4, -0.2) is 40.7 Å². The number of halogens is 2. The second-order valence-electron chi connectivity index (χ2n) is 7.21. The number of likely N-dealkylation sites (tertiary alicyclic amines) is 1. The lowest BCUT2D eigenvalue weighted by molar-refractivity contribution is -0.275. The molecule has 1 aliphatic rings. The average molecular weight is 348 g/mol. The molecule has 0 aromatic heterocycles. The van der Waals surface area contributed by atoms with Crippen molar-refractivity contribution in [3.05, 3.63) is 0 Å². The third-order valence-corrected chi connectivity index (χ3v) is 5.65. The van der Waals surface area contributed by atoms with Crippen molar-refractivity contribution in [3.63, 3.8) is 0 Å². The van der Waals surface area contributed by atoms with Crippen molar-refractivity contribution in [2.45, 2.75) is 90.0 Å². The molecular weight excluding hydrogens is 316 g/mol. The third-order valence-electron chi connectivity index (χ3n) is 5.65. The van der Waals surface area contributed by atoms with Gasteiger partial charge in [-0.2, -0.15) is 0 Å². The van der Waals surface area contributed by atoms with Crippen molar-refractivity contribution in [1.29, 1.82) is 0 Å². The van der Waals surface area contributed by atoms with Crippen LogP contribution in [0.1, 0.15) is 78.6 Å². The molecule has 4 nitrogen and oxygen atoms in total. The fourth-order valence-electron chi connectivity index (χ4n) is 4.08. The largest absolute Gasteiger partial charge is 0.530 e. The van der Waals surface area contributed by atoms with Gasteiger partial charge in [-0.3, -0.25) is 0 Å². The summed E-state index contributed by atoms with van der Waals surface area (Å²) < 4.78 is 31.3. The van der Waals surface area contributed by atoms with Gasteiger partial charge in [0.25, 0.3) is 5.92 Å². The van der Waals surface area contributed by atoms with E-state index in [-0.39, 0.29) is 25.8 Å². The van der Waals surface area contributed by atoms with Gasteiger partial charge in [-0.15, -0.1) is 0 Å². The minimum atomic E-state index is -3.27. The van der Waals surface area contributed by atoms with Gasteiger partial charge in [0.1, 0.15) is 11.6 Å². The highest BCUT2D eigenvalue weighted by Crippen LogP contribution is 2.59. The first-order valence-corrected chi connectivity index (χ1v) is 9.25. The van der Waals surface area contributed by atoms with Crippen molar-refractivity contribution in [2.24, 2.45) is 5.41 Å². The summed E-state index contributed by atoms with van der Waals surface area (Å²) in [5.74, 6) is -3.27. The number of aliphatic hydroxyl groups excluding tert-OH is 1. The number of alkyl halides is 2. The molecule has 1 N–H and O–H groups in total. The molecule has 142 valence electrons. The number of amides is 1.